The maximum atomic E-state index is 13.4. The number of alkyl halides is 3. The zero-order valence-electron chi connectivity index (χ0n) is 20.8. The fourth-order valence-electron chi connectivity index (χ4n) is 4.10. The summed E-state index contributed by atoms with van der Waals surface area (Å²) in [6.07, 6.45) is -3.10. The number of amides is 2. The largest absolute Gasteiger partial charge is 0.468 e. The zero-order valence-corrected chi connectivity index (χ0v) is 21.7. The minimum atomic E-state index is -4.54. The van der Waals surface area contributed by atoms with E-state index in [-0.39, 0.29) is 22.6 Å². The van der Waals surface area contributed by atoms with E-state index in [1.165, 1.54) is 18.4 Å². The van der Waals surface area contributed by atoms with Gasteiger partial charge in [0.25, 0.3) is 5.91 Å². The van der Waals surface area contributed by atoms with E-state index < -0.39 is 29.5 Å². The lowest BCUT2D eigenvalue weighted by Crippen LogP contribution is -2.31. The van der Waals surface area contributed by atoms with E-state index in [9.17, 15) is 28.0 Å². The normalized spacial score (nSPS) is 15.4. The van der Waals surface area contributed by atoms with E-state index in [1.807, 2.05) is 25.1 Å². The van der Waals surface area contributed by atoms with Crippen LogP contribution in [0.2, 0.25) is 0 Å². The highest BCUT2D eigenvalue weighted by Gasteiger charge is 2.36. The van der Waals surface area contributed by atoms with Gasteiger partial charge in [-0.25, -0.2) is 0 Å². The molecule has 0 spiro atoms. The van der Waals surface area contributed by atoms with Gasteiger partial charge >= 0.3 is 6.18 Å². The second-order valence-corrected chi connectivity index (χ2v) is 9.69. The van der Waals surface area contributed by atoms with Gasteiger partial charge in [-0.1, -0.05) is 30.0 Å². The third kappa shape index (κ3) is 6.53. The van der Waals surface area contributed by atoms with Crippen LogP contribution in [0, 0.1) is 18.3 Å². The number of aryl methyl sites for hydroxylation is 1. The van der Waals surface area contributed by atoms with Crippen LogP contribution in [0.3, 0.4) is 0 Å². The Balaban J connectivity index is 1.56. The second kappa shape index (κ2) is 11.5. The predicted octanol–water partition coefficient (Wildman–Crippen LogP) is 6.31. The molecule has 2 aromatic carbocycles. The fourth-order valence-corrected chi connectivity index (χ4v) is 4.99. The Kier molecular flexibility index (Phi) is 8.16. The number of rotatable bonds is 7. The minimum Gasteiger partial charge on any atom is -0.468 e. The summed E-state index contributed by atoms with van der Waals surface area (Å²) in [7, 11) is 0. The van der Waals surface area contributed by atoms with Crippen molar-refractivity contribution in [2.45, 2.75) is 25.9 Å². The summed E-state index contributed by atoms with van der Waals surface area (Å²) in [6.45, 7) is 3.58. The standard InChI is InChI=1S/C28H23F3N4O3S/c1-16-6-3-8-19(12-16)35-26(37)24-17(2)33-27(21(14-32)25(24)22-10-5-11-38-22)39-15-23(36)34-20-9-4-7-18(13-20)28(29,30)31/h3-13,25,33H,15H2,1-2H3,(H,34,36)(H,35,37)/t25-/m0/s1. The smallest absolute Gasteiger partial charge is 0.416 e. The molecule has 2 heterocycles. The van der Waals surface area contributed by atoms with Gasteiger partial charge in [-0.2, -0.15) is 18.4 Å². The van der Waals surface area contributed by atoms with Gasteiger partial charge in [0, 0.05) is 17.1 Å². The molecule has 3 aromatic rings. The predicted molar refractivity (Wildman–Crippen MR) is 142 cm³/mol. The quantitative estimate of drug-likeness (QED) is 0.317. The number of nitrogens with one attached hydrogen (secondary N) is 3. The number of thioether (sulfide) groups is 1. The summed E-state index contributed by atoms with van der Waals surface area (Å²) in [5, 5.41) is 18.8. The highest BCUT2D eigenvalue weighted by Crippen LogP contribution is 2.41. The van der Waals surface area contributed by atoms with Crippen molar-refractivity contribution in [1.29, 1.82) is 5.26 Å². The molecule has 3 N–H and O–H groups in total. The SMILES string of the molecule is CC1=C(C(=O)Nc2cccc(C)c2)[C@H](c2ccco2)C(C#N)=C(SCC(=O)Nc2cccc(C(F)(F)F)c2)N1. The molecule has 0 saturated heterocycles. The molecule has 7 nitrogen and oxygen atoms in total. The number of nitriles is 1. The highest BCUT2D eigenvalue weighted by molar-refractivity contribution is 8.03. The van der Waals surface area contributed by atoms with Crippen molar-refractivity contribution in [3.8, 4) is 6.07 Å². The Labute approximate surface area is 226 Å². The number of benzene rings is 2. The molecule has 0 unspecified atom stereocenters. The second-order valence-electron chi connectivity index (χ2n) is 8.71. The van der Waals surface area contributed by atoms with Crippen LogP contribution in [0.5, 0.6) is 0 Å². The van der Waals surface area contributed by atoms with Gasteiger partial charge in [0.05, 0.1) is 45.7 Å². The Morgan fingerprint density at radius 1 is 1.05 bits per heavy atom. The molecule has 1 aliphatic heterocycles. The fraction of sp³-hybridized carbons (Fsp3) is 0.179. The molecule has 0 saturated carbocycles. The average molecular weight is 553 g/mol. The van der Waals surface area contributed by atoms with E-state index in [0.29, 0.717) is 22.2 Å². The first-order valence-corrected chi connectivity index (χ1v) is 12.7. The van der Waals surface area contributed by atoms with Crippen molar-refractivity contribution >= 4 is 35.0 Å². The lowest BCUT2D eigenvalue weighted by atomic mass is 9.85. The monoisotopic (exact) mass is 552 g/mol. The first-order valence-electron chi connectivity index (χ1n) is 11.7. The maximum absolute atomic E-state index is 13.4. The van der Waals surface area contributed by atoms with Crippen molar-refractivity contribution in [3.05, 3.63) is 106 Å². The van der Waals surface area contributed by atoms with Crippen LogP contribution in [-0.2, 0) is 15.8 Å². The summed E-state index contributed by atoms with van der Waals surface area (Å²) < 4.78 is 44.6. The molecule has 1 atom stereocenters. The van der Waals surface area contributed by atoms with Crippen LogP contribution in [-0.4, -0.2) is 17.6 Å². The van der Waals surface area contributed by atoms with E-state index in [1.54, 1.807) is 25.1 Å². The first kappa shape index (κ1) is 27.6. The van der Waals surface area contributed by atoms with Gasteiger partial charge in [0.1, 0.15) is 5.76 Å². The molecular weight excluding hydrogens is 529 g/mol. The van der Waals surface area contributed by atoms with Gasteiger partial charge in [0.2, 0.25) is 5.91 Å². The number of dihydropyridines is 1. The third-order valence-corrected chi connectivity index (χ3v) is 6.83. The number of nitrogens with zero attached hydrogens (tertiary/aromatic N) is 1. The van der Waals surface area contributed by atoms with Gasteiger partial charge in [-0.05, 0) is 61.9 Å². The molecule has 2 amide bonds. The molecule has 1 aromatic heterocycles. The number of hydrogen-bond acceptors (Lipinski definition) is 6. The zero-order chi connectivity index (χ0) is 28.2. The lowest BCUT2D eigenvalue weighted by molar-refractivity contribution is -0.137. The van der Waals surface area contributed by atoms with E-state index in [0.717, 1.165) is 29.5 Å². The third-order valence-electron chi connectivity index (χ3n) is 5.82. The molecule has 0 radical (unpaired) electrons. The molecule has 0 fully saturated rings. The van der Waals surface area contributed by atoms with E-state index in [4.69, 9.17) is 4.42 Å². The Hall–Kier alpha value is -4.43. The summed E-state index contributed by atoms with van der Waals surface area (Å²) >= 11 is 0.996. The summed E-state index contributed by atoms with van der Waals surface area (Å²) in [4.78, 5) is 26.0. The van der Waals surface area contributed by atoms with Crippen LogP contribution in [0.1, 0.15) is 29.7 Å². The first-order chi connectivity index (χ1) is 18.6. The number of carbonyl (C=O) groups is 2. The van der Waals surface area contributed by atoms with Gasteiger partial charge in [-0.15, -0.1) is 0 Å². The van der Waals surface area contributed by atoms with E-state index >= 15 is 0 Å². The maximum Gasteiger partial charge on any atom is 0.416 e. The van der Waals surface area contributed by atoms with Crippen molar-refractivity contribution in [1.82, 2.24) is 5.32 Å². The minimum absolute atomic E-state index is 0.00107. The average Bonchev–Trinajstić information content (AvgIpc) is 3.41. The summed E-state index contributed by atoms with van der Waals surface area (Å²) in [6, 6.07) is 17.0. The van der Waals surface area contributed by atoms with Crippen LogP contribution in [0.25, 0.3) is 0 Å². The molecule has 0 bridgehead atoms. The lowest BCUT2D eigenvalue weighted by Gasteiger charge is -2.28. The van der Waals surface area contributed by atoms with Crippen LogP contribution in [0.4, 0.5) is 24.5 Å². The van der Waals surface area contributed by atoms with Crippen molar-refractivity contribution in [3.63, 3.8) is 0 Å². The Bertz CT molecular complexity index is 1500. The molecule has 1 aliphatic rings. The number of halogens is 3. The van der Waals surface area contributed by atoms with Crippen molar-refractivity contribution < 1.29 is 27.2 Å². The molecule has 200 valence electrons. The topological polar surface area (TPSA) is 107 Å². The molecule has 11 heteroatoms. The van der Waals surface area contributed by atoms with Crippen molar-refractivity contribution in [2.75, 3.05) is 16.4 Å². The highest BCUT2D eigenvalue weighted by atomic mass is 32.2. The van der Waals surface area contributed by atoms with Gasteiger partial charge in [0.15, 0.2) is 0 Å². The van der Waals surface area contributed by atoms with Gasteiger partial charge < -0.3 is 20.4 Å². The number of hydrogen-bond donors (Lipinski definition) is 3. The number of carbonyl (C=O) groups excluding carboxylic acids is 2. The number of anilines is 2. The summed E-state index contributed by atoms with van der Waals surface area (Å²) in [5.74, 6) is -1.67. The van der Waals surface area contributed by atoms with Gasteiger partial charge in [-0.3, -0.25) is 9.59 Å². The van der Waals surface area contributed by atoms with Crippen LogP contribution < -0.4 is 16.0 Å². The molecule has 39 heavy (non-hydrogen) atoms. The van der Waals surface area contributed by atoms with E-state index in [2.05, 4.69) is 22.0 Å². The number of allylic oxidation sites excluding steroid dienone is 2. The molecule has 0 aliphatic carbocycles. The molecular formula is C28H23F3N4O3S. The molecule has 4 rings (SSSR count). The Morgan fingerprint density at radius 2 is 1.77 bits per heavy atom. The van der Waals surface area contributed by atoms with Crippen LogP contribution in [0.15, 0.2) is 93.2 Å². The van der Waals surface area contributed by atoms with Crippen LogP contribution >= 0.6 is 11.8 Å². The number of furan rings is 1. The van der Waals surface area contributed by atoms with Crippen molar-refractivity contribution in [2.24, 2.45) is 0 Å². The Morgan fingerprint density at radius 3 is 2.41 bits per heavy atom. The summed E-state index contributed by atoms with van der Waals surface area (Å²) in [5.41, 5.74) is 1.58.